The minimum absolute atomic E-state index is 0.319. The number of amides is 1. The third-order valence-corrected chi connectivity index (χ3v) is 4.94. The Bertz CT molecular complexity index is 895. The summed E-state index contributed by atoms with van der Waals surface area (Å²) in [6, 6.07) is 16.8. The van der Waals surface area contributed by atoms with Gasteiger partial charge in [0, 0.05) is 16.5 Å². The zero-order valence-electron chi connectivity index (χ0n) is 12.8. The molecule has 0 atom stereocenters. The summed E-state index contributed by atoms with van der Waals surface area (Å²) >= 11 is 4.91. The fraction of sp³-hybridized carbons (Fsp3) is 0. The van der Waals surface area contributed by atoms with Crippen LogP contribution in [0.25, 0.3) is 0 Å². The van der Waals surface area contributed by atoms with Crippen molar-refractivity contribution in [1.82, 2.24) is 5.43 Å². The molecule has 3 rings (SSSR count). The van der Waals surface area contributed by atoms with Crippen molar-refractivity contribution >= 4 is 39.8 Å². The molecular weight excluding hydrogens is 407 g/mol. The molecule has 1 aromatic heterocycles. The molecule has 126 valence electrons. The number of furan rings is 1. The summed E-state index contributed by atoms with van der Waals surface area (Å²) in [5.74, 6) is -0.339. The third-order valence-electron chi connectivity index (χ3n) is 3.09. The van der Waals surface area contributed by atoms with E-state index < -0.39 is 11.7 Å². The van der Waals surface area contributed by atoms with Gasteiger partial charge in [0.25, 0.3) is 5.91 Å². The first-order valence-corrected chi connectivity index (χ1v) is 8.84. The van der Waals surface area contributed by atoms with E-state index in [4.69, 9.17) is 4.42 Å². The lowest BCUT2D eigenvalue weighted by atomic mass is 10.2. The summed E-state index contributed by atoms with van der Waals surface area (Å²) in [5.41, 5.74) is 2.69. The van der Waals surface area contributed by atoms with Crippen LogP contribution in [-0.2, 0) is 0 Å². The highest BCUT2D eigenvalue weighted by molar-refractivity contribution is 9.10. The molecule has 0 aliphatic heterocycles. The summed E-state index contributed by atoms with van der Waals surface area (Å²) in [4.78, 5) is 12.9. The van der Waals surface area contributed by atoms with Gasteiger partial charge in [0.2, 0.25) is 0 Å². The zero-order valence-corrected chi connectivity index (χ0v) is 15.2. The highest BCUT2D eigenvalue weighted by Crippen LogP contribution is 2.35. The monoisotopic (exact) mass is 418 g/mol. The van der Waals surface area contributed by atoms with Crippen LogP contribution in [0.3, 0.4) is 0 Å². The maximum absolute atomic E-state index is 12.8. The second kappa shape index (κ2) is 8.13. The average Bonchev–Trinajstić information content (AvgIpc) is 2.96. The number of rotatable bonds is 5. The van der Waals surface area contributed by atoms with Crippen molar-refractivity contribution in [1.29, 1.82) is 0 Å². The first kappa shape index (κ1) is 17.4. The van der Waals surface area contributed by atoms with Crippen LogP contribution in [-0.4, -0.2) is 12.1 Å². The number of carbonyl (C=O) groups excluding carboxylic acids is 1. The standard InChI is InChI=1S/C18H12BrFN2O2S/c19-16-10-14(24-18(16)25-15-4-2-1-3-5-15)11-21-22-17(23)12-6-8-13(20)9-7-12/h1-11H,(H,22,23)/b21-11-. The van der Waals surface area contributed by atoms with Gasteiger partial charge in [-0.15, -0.1) is 0 Å². The second-order valence-corrected chi connectivity index (χ2v) is 6.81. The molecule has 4 nitrogen and oxygen atoms in total. The van der Waals surface area contributed by atoms with Crippen molar-refractivity contribution in [2.24, 2.45) is 5.10 Å². The second-order valence-electron chi connectivity index (χ2n) is 4.91. The van der Waals surface area contributed by atoms with Gasteiger partial charge in [-0.2, -0.15) is 5.10 Å². The smallest absolute Gasteiger partial charge is 0.271 e. The van der Waals surface area contributed by atoms with Gasteiger partial charge in [-0.1, -0.05) is 30.0 Å². The Balaban J connectivity index is 1.63. The average molecular weight is 419 g/mol. The number of nitrogens with zero attached hydrogens (tertiary/aromatic N) is 1. The van der Waals surface area contributed by atoms with Gasteiger partial charge >= 0.3 is 0 Å². The van der Waals surface area contributed by atoms with Crippen molar-refractivity contribution in [3.63, 3.8) is 0 Å². The minimum atomic E-state index is -0.430. The number of hydrogen-bond acceptors (Lipinski definition) is 4. The Morgan fingerprint density at radius 2 is 1.88 bits per heavy atom. The van der Waals surface area contributed by atoms with Crippen molar-refractivity contribution in [3.05, 3.63) is 82.3 Å². The molecule has 0 aliphatic carbocycles. The molecule has 0 saturated heterocycles. The van der Waals surface area contributed by atoms with Gasteiger partial charge in [0.05, 0.1) is 10.7 Å². The molecule has 1 heterocycles. The van der Waals surface area contributed by atoms with Gasteiger partial charge in [0.1, 0.15) is 11.6 Å². The maximum atomic E-state index is 12.8. The predicted molar refractivity (Wildman–Crippen MR) is 98.4 cm³/mol. The molecule has 0 unspecified atom stereocenters. The van der Waals surface area contributed by atoms with Crippen LogP contribution in [0.4, 0.5) is 4.39 Å². The predicted octanol–water partition coefficient (Wildman–Crippen LogP) is 5.10. The van der Waals surface area contributed by atoms with Gasteiger partial charge in [-0.25, -0.2) is 9.82 Å². The van der Waals surface area contributed by atoms with E-state index in [2.05, 4.69) is 26.5 Å². The Hall–Kier alpha value is -2.38. The van der Waals surface area contributed by atoms with Gasteiger partial charge in [-0.05, 0) is 52.3 Å². The number of hydrazone groups is 1. The summed E-state index contributed by atoms with van der Waals surface area (Å²) < 4.78 is 19.3. The van der Waals surface area contributed by atoms with E-state index >= 15 is 0 Å². The molecule has 2 aromatic carbocycles. The van der Waals surface area contributed by atoms with Crippen LogP contribution >= 0.6 is 27.7 Å². The molecule has 0 spiro atoms. The molecule has 1 N–H and O–H groups in total. The van der Waals surface area contributed by atoms with E-state index in [1.165, 1.54) is 42.2 Å². The van der Waals surface area contributed by atoms with Crippen molar-refractivity contribution in [2.45, 2.75) is 9.99 Å². The summed E-state index contributed by atoms with van der Waals surface area (Å²) in [5, 5.41) is 4.55. The third kappa shape index (κ3) is 4.80. The van der Waals surface area contributed by atoms with Crippen molar-refractivity contribution in [2.75, 3.05) is 0 Å². The van der Waals surface area contributed by atoms with E-state index in [-0.39, 0.29) is 0 Å². The molecular formula is C18H12BrFN2O2S. The number of benzene rings is 2. The Morgan fingerprint density at radius 1 is 1.16 bits per heavy atom. The number of halogens is 2. The summed E-state index contributed by atoms with van der Waals surface area (Å²) in [6.07, 6.45) is 1.40. The van der Waals surface area contributed by atoms with E-state index in [1.54, 1.807) is 6.07 Å². The van der Waals surface area contributed by atoms with E-state index in [0.29, 0.717) is 16.4 Å². The SMILES string of the molecule is O=C(N/N=C\c1cc(Br)c(Sc2ccccc2)o1)c1ccc(F)cc1. The highest BCUT2D eigenvalue weighted by Gasteiger charge is 2.10. The maximum Gasteiger partial charge on any atom is 0.271 e. The Kier molecular flexibility index (Phi) is 5.67. The van der Waals surface area contributed by atoms with Crippen LogP contribution in [0, 0.1) is 5.82 Å². The lowest BCUT2D eigenvalue weighted by Crippen LogP contribution is -2.17. The Labute approximate surface area is 156 Å². The van der Waals surface area contributed by atoms with Gasteiger partial charge in [0.15, 0.2) is 5.09 Å². The molecule has 25 heavy (non-hydrogen) atoms. The zero-order chi connectivity index (χ0) is 17.6. The molecule has 1 amide bonds. The van der Waals surface area contributed by atoms with E-state index in [1.807, 2.05) is 30.3 Å². The molecule has 0 fully saturated rings. The van der Waals surface area contributed by atoms with Gasteiger partial charge in [-0.3, -0.25) is 4.79 Å². The lowest BCUT2D eigenvalue weighted by molar-refractivity contribution is 0.0955. The van der Waals surface area contributed by atoms with Gasteiger partial charge < -0.3 is 4.42 Å². The lowest BCUT2D eigenvalue weighted by Gasteiger charge is -1.99. The molecule has 0 aliphatic rings. The van der Waals surface area contributed by atoms with Crippen LogP contribution in [0.5, 0.6) is 0 Å². The molecule has 7 heteroatoms. The van der Waals surface area contributed by atoms with Crippen molar-refractivity contribution < 1.29 is 13.6 Å². The summed E-state index contributed by atoms with van der Waals surface area (Å²) in [7, 11) is 0. The van der Waals surface area contributed by atoms with Crippen LogP contribution in [0.15, 0.2) is 84.6 Å². The van der Waals surface area contributed by atoms with E-state index in [0.717, 1.165) is 9.37 Å². The number of hydrogen-bond donors (Lipinski definition) is 1. The molecule has 3 aromatic rings. The largest absolute Gasteiger partial charge is 0.447 e. The van der Waals surface area contributed by atoms with Crippen molar-refractivity contribution in [3.8, 4) is 0 Å². The Morgan fingerprint density at radius 3 is 2.60 bits per heavy atom. The first-order valence-electron chi connectivity index (χ1n) is 7.23. The topological polar surface area (TPSA) is 54.6 Å². The van der Waals surface area contributed by atoms with Crippen LogP contribution in [0.2, 0.25) is 0 Å². The van der Waals surface area contributed by atoms with Crippen LogP contribution < -0.4 is 5.43 Å². The normalized spacial score (nSPS) is 11.0. The van der Waals surface area contributed by atoms with Crippen LogP contribution in [0.1, 0.15) is 16.1 Å². The fourth-order valence-corrected chi connectivity index (χ4v) is 3.27. The fourth-order valence-electron chi connectivity index (χ4n) is 1.92. The first-order chi connectivity index (χ1) is 12.1. The molecule has 0 bridgehead atoms. The summed E-state index contributed by atoms with van der Waals surface area (Å²) in [6.45, 7) is 0. The quantitative estimate of drug-likeness (QED) is 0.463. The number of nitrogens with one attached hydrogen (secondary N) is 1. The molecule has 0 radical (unpaired) electrons. The van der Waals surface area contributed by atoms with E-state index in [9.17, 15) is 9.18 Å². The minimum Gasteiger partial charge on any atom is -0.447 e. The number of carbonyl (C=O) groups is 1. The molecule has 0 saturated carbocycles. The highest BCUT2D eigenvalue weighted by atomic mass is 79.9.